The summed E-state index contributed by atoms with van der Waals surface area (Å²) in [6.07, 6.45) is 2.70. The van der Waals surface area contributed by atoms with Gasteiger partial charge in [0.1, 0.15) is 5.69 Å². The Kier molecular flexibility index (Phi) is 4.99. The van der Waals surface area contributed by atoms with Gasteiger partial charge in [-0.25, -0.2) is 4.98 Å². The number of benzene rings is 2. The van der Waals surface area contributed by atoms with Crippen LogP contribution >= 0.6 is 0 Å². The Bertz CT molecular complexity index is 1150. The molecule has 0 radical (unpaired) electrons. The molecule has 3 aromatic rings. The Morgan fingerprint density at radius 2 is 1.81 bits per heavy atom. The number of carbonyl (C=O) groups is 1. The van der Waals surface area contributed by atoms with Crippen molar-refractivity contribution in [3.63, 3.8) is 0 Å². The first kappa shape index (κ1) is 20.7. The highest BCUT2D eigenvalue weighted by molar-refractivity contribution is 5.95. The third-order valence-corrected chi connectivity index (χ3v) is 6.34. The van der Waals surface area contributed by atoms with Crippen molar-refractivity contribution in [3.05, 3.63) is 77.5 Å². The van der Waals surface area contributed by atoms with E-state index in [9.17, 15) is 9.90 Å². The Hall–Kier alpha value is -3.22. The van der Waals surface area contributed by atoms with Crippen LogP contribution in [0.4, 0.5) is 5.69 Å². The van der Waals surface area contributed by atoms with Crippen LogP contribution < -0.4 is 15.8 Å². The molecule has 2 heterocycles. The molecule has 2 aromatic carbocycles. The van der Waals surface area contributed by atoms with Gasteiger partial charge >= 0.3 is 0 Å². The van der Waals surface area contributed by atoms with E-state index in [4.69, 9.17) is 15.5 Å². The minimum atomic E-state index is -0.666. The molecule has 1 fully saturated rings. The highest BCUT2D eigenvalue weighted by Crippen LogP contribution is 2.46. The summed E-state index contributed by atoms with van der Waals surface area (Å²) < 4.78 is 5.55. The number of anilines is 1. The summed E-state index contributed by atoms with van der Waals surface area (Å²) in [4.78, 5) is 16.5. The Balaban J connectivity index is 1.38. The van der Waals surface area contributed by atoms with E-state index in [1.807, 2.05) is 43.3 Å². The van der Waals surface area contributed by atoms with Crippen LogP contribution in [0.5, 0.6) is 5.88 Å². The Morgan fingerprint density at radius 3 is 2.50 bits per heavy atom. The van der Waals surface area contributed by atoms with Crippen molar-refractivity contribution in [1.29, 1.82) is 0 Å². The highest BCUT2D eigenvalue weighted by atomic mass is 16.5. The molecule has 1 aliphatic carbocycles. The molecule has 164 valence electrons. The molecule has 1 amide bonds. The number of aryl methyl sites for hydroxylation is 2. The summed E-state index contributed by atoms with van der Waals surface area (Å²) in [5.74, 6) is 0.300. The number of carbonyl (C=O) groups excluding carboxylic acids is 1. The molecule has 0 bridgehead atoms. The van der Waals surface area contributed by atoms with E-state index in [-0.39, 0.29) is 12.5 Å². The molecule has 1 aromatic heterocycles. The zero-order valence-corrected chi connectivity index (χ0v) is 18.1. The maximum absolute atomic E-state index is 11.7. The number of fused-ring (bicyclic) bond motifs is 1. The van der Waals surface area contributed by atoms with Crippen LogP contribution in [-0.4, -0.2) is 28.2 Å². The number of nitrogens with two attached hydrogens (primary N) is 1. The first-order valence-electron chi connectivity index (χ1n) is 10.9. The highest BCUT2D eigenvalue weighted by Gasteiger charge is 2.49. The molecule has 1 saturated carbocycles. The van der Waals surface area contributed by atoms with Crippen LogP contribution in [-0.2, 0) is 23.2 Å². The van der Waals surface area contributed by atoms with Gasteiger partial charge in [-0.2, -0.15) is 0 Å². The van der Waals surface area contributed by atoms with E-state index in [0.717, 1.165) is 35.2 Å². The van der Waals surface area contributed by atoms with Crippen LogP contribution in [0.1, 0.15) is 36.6 Å². The summed E-state index contributed by atoms with van der Waals surface area (Å²) in [6.45, 7) is 1.82. The first-order chi connectivity index (χ1) is 15.3. The van der Waals surface area contributed by atoms with Gasteiger partial charge in [-0.3, -0.25) is 4.79 Å². The third-order valence-electron chi connectivity index (χ3n) is 6.34. The standard InChI is InChI=1S/C26H27N3O3/c1-25(31)15-26(27,16-25)19-10-7-17(8-11-19)9-12-21-20(18-5-3-2-4-6-18)13-22-24(29-21)32-14-23(30)28-22/h2-8,10-11,13,31H,9,12,14-16,27H2,1H3,(H,28,30). The van der Waals surface area contributed by atoms with Gasteiger partial charge in [-0.05, 0) is 55.4 Å². The third kappa shape index (κ3) is 3.99. The molecule has 0 spiro atoms. The van der Waals surface area contributed by atoms with E-state index in [1.54, 1.807) is 0 Å². The molecule has 6 nitrogen and oxygen atoms in total. The largest absolute Gasteiger partial charge is 0.466 e. The van der Waals surface area contributed by atoms with E-state index in [1.165, 1.54) is 5.56 Å². The second-order valence-corrected chi connectivity index (χ2v) is 9.24. The lowest BCUT2D eigenvalue weighted by atomic mass is 9.63. The number of pyridine rings is 1. The topological polar surface area (TPSA) is 97.5 Å². The van der Waals surface area contributed by atoms with Gasteiger partial charge in [-0.1, -0.05) is 54.6 Å². The van der Waals surface area contributed by atoms with Crippen LogP contribution in [0.25, 0.3) is 11.1 Å². The van der Waals surface area contributed by atoms with Crippen molar-refractivity contribution in [1.82, 2.24) is 4.98 Å². The van der Waals surface area contributed by atoms with Crippen molar-refractivity contribution in [3.8, 4) is 17.0 Å². The number of nitrogens with zero attached hydrogens (tertiary/aromatic N) is 1. The second kappa shape index (κ2) is 7.73. The van der Waals surface area contributed by atoms with E-state index in [0.29, 0.717) is 24.4 Å². The van der Waals surface area contributed by atoms with Gasteiger partial charge < -0.3 is 20.9 Å². The van der Waals surface area contributed by atoms with Gasteiger partial charge in [0, 0.05) is 11.1 Å². The predicted molar refractivity (Wildman–Crippen MR) is 123 cm³/mol. The van der Waals surface area contributed by atoms with Crippen LogP contribution in [0.15, 0.2) is 60.7 Å². The first-order valence-corrected chi connectivity index (χ1v) is 10.9. The van der Waals surface area contributed by atoms with Crippen molar-refractivity contribution >= 4 is 11.6 Å². The minimum absolute atomic E-state index is 0.0146. The zero-order valence-electron chi connectivity index (χ0n) is 18.1. The summed E-state index contributed by atoms with van der Waals surface area (Å²) >= 11 is 0. The Labute approximate surface area is 187 Å². The average Bonchev–Trinajstić information content (AvgIpc) is 2.76. The zero-order chi connectivity index (χ0) is 22.3. The van der Waals surface area contributed by atoms with E-state index in [2.05, 4.69) is 29.6 Å². The van der Waals surface area contributed by atoms with Crippen molar-refractivity contribution in [2.24, 2.45) is 5.73 Å². The molecular weight excluding hydrogens is 402 g/mol. The van der Waals surface area contributed by atoms with Crippen molar-refractivity contribution < 1.29 is 14.6 Å². The van der Waals surface area contributed by atoms with Gasteiger partial charge in [-0.15, -0.1) is 0 Å². The summed E-state index contributed by atoms with van der Waals surface area (Å²) in [5, 5.41) is 12.9. The molecule has 0 saturated heterocycles. The normalized spacial score (nSPS) is 24.2. The summed E-state index contributed by atoms with van der Waals surface area (Å²) in [7, 11) is 0. The van der Waals surface area contributed by atoms with E-state index < -0.39 is 11.1 Å². The second-order valence-electron chi connectivity index (χ2n) is 9.24. The molecule has 32 heavy (non-hydrogen) atoms. The summed E-state index contributed by atoms with van der Waals surface area (Å²) in [5.41, 5.74) is 11.2. The fourth-order valence-corrected chi connectivity index (χ4v) is 4.89. The number of rotatable bonds is 5. The maximum Gasteiger partial charge on any atom is 0.262 e. The molecule has 0 unspecified atom stereocenters. The van der Waals surface area contributed by atoms with Gasteiger partial charge in [0.2, 0.25) is 5.88 Å². The lowest BCUT2D eigenvalue weighted by molar-refractivity contribution is -0.118. The molecule has 2 aliphatic rings. The monoisotopic (exact) mass is 429 g/mol. The van der Waals surface area contributed by atoms with Crippen molar-refractivity contribution in [2.75, 3.05) is 11.9 Å². The van der Waals surface area contributed by atoms with Crippen LogP contribution in [0.2, 0.25) is 0 Å². The molecule has 4 N–H and O–H groups in total. The number of amides is 1. The van der Waals surface area contributed by atoms with E-state index >= 15 is 0 Å². The number of ether oxygens (including phenoxy) is 1. The fourth-order valence-electron chi connectivity index (χ4n) is 4.89. The van der Waals surface area contributed by atoms with Gasteiger partial charge in [0.15, 0.2) is 6.61 Å². The maximum atomic E-state index is 11.7. The minimum Gasteiger partial charge on any atom is -0.466 e. The number of hydrogen-bond acceptors (Lipinski definition) is 5. The number of hydrogen-bond donors (Lipinski definition) is 3. The molecule has 5 rings (SSSR count). The lowest BCUT2D eigenvalue weighted by Crippen LogP contribution is -2.58. The molecule has 6 heteroatoms. The average molecular weight is 430 g/mol. The Morgan fingerprint density at radius 1 is 1.09 bits per heavy atom. The van der Waals surface area contributed by atoms with Crippen LogP contribution in [0.3, 0.4) is 0 Å². The SMILES string of the molecule is CC1(O)CC(N)(c2ccc(CCc3nc4c(cc3-c3ccccc3)NC(=O)CO4)cc2)C1. The predicted octanol–water partition coefficient (Wildman–Crippen LogP) is 3.56. The molecular formula is C26H27N3O3. The number of nitrogens with one attached hydrogen (secondary N) is 1. The lowest BCUT2D eigenvalue weighted by Gasteiger charge is -2.49. The smallest absolute Gasteiger partial charge is 0.262 e. The van der Waals surface area contributed by atoms with Gasteiger partial charge in [0.05, 0.1) is 11.3 Å². The van der Waals surface area contributed by atoms with Gasteiger partial charge in [0.25, 0.3) is 5.91 Å². The molecule has 0 atom stereocenters. The van der Waals surface area contributed by atoms with Crippen molar-refractivity contribution in [2.45, 2.75) is 43.7 Å². The number of aliphatic hydroxyl groups is 1. The number of aromatic nitrogens is 1. The summed E-state index contributed by atoms with van der Waals surface area (Å²) in [6, 6.07) is 20.4. The van der Waals surface area contributed by atoms with Crippen LogP contribution in [0, 0.1) is 0 Å². The quantitative estimate of drug-likeness (QED) is 0.576. The fraction of sp³-hybridized carbons (Fsp3) is 0.308. The molecule has 1 aliphatic heterocycles.